The summed E-state index contributed by atoms with van der Waals surface area (Å²) in [6.07, 6.45) is 0. The molecule has 1 N–H and O–H groups in total. The monoisotopic (exact) mass is 149 g/mol. The van der Waals surface area contributed by atoms with Crippen LogP contribution in [0.5, 0.6) is 0 Å². The SMILES string of the molecule is OCc1noc2ccccc12. The second-order valence-corrected chi connectivity index (χ2v) is 2.28. The number of benzene rings is 1. The minimum atomic E-state index is -0.0724. The lowest BCUT2D eigenvalue weighted by Crippen LogP contribution is -1.80. The molecule has 0 aliphatic rings. The summed E-state index contributed by atoms with van der Waals surface area (Å²) in [5, 5.41) is 13.4. The molecule has 0 spiro atoms. The van der Waals surface area contributed by atoms with Crippen molar-refractivity contribution in [1.29, 1.82) is 0 Å². The highest BCUT2D eigenvalue weighted by atomic mass is 16.5. The van der Waals surface area contributed by atoms with Crippen LogP contribution in [0.25, 0.3) is 11.0 Å². The molecule has 0 aliphatic heterocycles. The van der Waals surface area contributed by atoms with Gasteiger partial charge in [-0.05, 0) is 12.1 Å². The molecule has 0 saturated carbocycles. The number of nitrogens with zero attached hydrogens (tertiary/aromatic N) is 1. The van der Waals surface area contributed by atoms with Gasteiger partial charge in [-0.3, -0.25) is 0 Å². The molecule has 11 heavy (non-hydrogen) atoms. The minimum Gasteiger partial charge on any atom is -0.390 e. The first kappa shape index (κ1) is 6.37. The molecule has 0 fully saturated rings. The Morgan fingerprint density at radius 1 is 1.36 bits per heavy atom. The maximum absolute atomic E-state index is 8.80. The average molecular weight is 149 g/mol. The zero-order valence-corrected chi connectivity index (χ0v) is 5.82. The van der Waals surface area contributed by atoms with Crippen molar-refractivity contribution in [3.63, 3.8) is 0 Å². The lowest BCUT2D eigenvalue weighted by molar-refractivity contribution is 0.269. The van der Waals surface area contributed by atoms with Crippen molar-refractivity contribution in [2.75, 3.05) is 0 Å². The average Bonchev–Trinajstić information content (AvgIpc) is 2.47. The van der Waals surface area contributed by atoms with Gasteiger partial charge in [-0.15, -0.1) is 0 Å². The van der Waals surface area contributed by atoms with Gasteiger partial charge in [0.05, 0.1) is 6.61 Å². The van der Waals surface area contributed by atoms with E-state index in [0.717, 1.165) is 11.0 Å². The van der Waals surface area contributed by atoms with Crippen LogP contribution >= 0.6 is 0 Å². The van der Waals surface area contributed by atoms with Crippen molar-refractivity contribution < 1.29 is 9.63 Å². The number of rotatable bonds is 1. The molecule has 56 valence electrons. The smallest absolute Gasteiger partial charge is 0.167 e. The largest absolute Gasteiger partial charge is 0.390 e. The fraction of sp³-hybridized carbons (Fsp3) is 0.125. The van der Waals surface area contributed by atoms with Gasteiger partial charge in [0.25, 0.3) is 0 Å². The molecule has 1 heterocycles. The van der Waals surface area contributed by atoms with Crippen LogP contribution in [0.3, 0.4) is 0 Å². The second kappa shape index (κ2) is 2.36. The summed E-state index contributed by atoms with van der Waals surface area (Å²) in [6.45, 7) is -0.0724. The van der Waals surface area contributed by atoms with Gasteiger partial charge in [-0.25, -0.2) is 0 Å². The zero-order chi connectivity index (χ0) is 7.68. The van der Waals surface area contributed by atoms with E-state index in [1.807, 2.05) is 24.3 Å². The van der Waals surface area contributed by atoms with E-state index < -0.39 is 0 Å². The van der Waals surface area contributed by atoms with Crippen LogP contribution < -0.4 is 0 Å². The van der Waals surface area contributed by atoms with Crippen LogP contribution in [0.4, 0.5) is 0 Å². The standard InChI is InChI=1S/C8H7NO2/c10-5-7-6-3-1-2-4-8(6)11-9-7/h1-4,10H,5H2. The van der Waals surface area contributed by atoms with Gasteiger partial charge in [0.2, 0.25) is 0 Å². The lowest BCUT2D eigenvalue weighted by Gasteiger charge is -1.85. The Morgan fingerprint density at radius 3 is 3.00 bits per heavy atom. The number of aliphatic hydroxyl groups is 1. The van der Waals surface area contributed by atoms with Crippen molar-refractivity contribution >= 4 is 11.0 Å². The second-order valence-electron chi connectivity index (χ2n) is 2.28. The van der Waals surface area contributed by atoms with Gasteiger partial charge in [0.1, 0.15) is 5.69 Å². The summed E-state index contributed by atoms with van der Waals surface area (Å²) >= 11 is 0. The predicted molar refractivity (Wildman–Crippen MR) is 39.9 cm³/mol. The fourth-order valence-electron chi connectivity index (χ4n) is 1.05. The Hall–Kier alpha value is -1.35. The molecule has 2 rings (SSSR count). The predicted octanol–water partition coefficient (Wildman–Crippen LogP) is 1.32. The quantitative estimate of drug-likeness (QED) is 0.665. The molecule has 1 aromatic carbocycles. The van der Waals surface area contributed by atoms with Gasteiger partial charge < -0.3 is 9.63 Å². The molecule has 0 atom stereocenters. The first-order valence-electron chi connectivity index (χ1n) is 3.36. The molecule has 3 nitrogen and oxygen atoms in total. The van der Waals surface area contributed by atoms with E-state index in [4.69, 9.17) is 9.63 Å². The minimum absolute atomic E-state index is 0.0724. The number of para-hydroxylation sites is 1. The molecule has 0 aliphatic carbocycles. The Morgan fingerprint density at radius 2 is 2.18 bits per heavy atom. The Balaban J connectivity index is 2.76. The molecule has 1 aromatic heterocycles. The van der Waals surface area contributed by atoms with E-state index in [-0.39, 0.29) is 6.61 Å². The van der Waals surface area contributed by atoms with Gasteiger partial charge in [-0.1, -0.05) is 17.3 Å². The van der Waals surface area contributed by atoms with Crippen LogP contribution in [0.2, 0.25) is 0 Å². The molecule has 0 amide bonds. The zero-order valence-electron chi connectivity index (χ0n) is 5.82. The third-order valence-electron chi connectivity index (χ3n) is 1.60. The normalized spacial score (nSPS) is 10.6. The highest BCUT2D eigenvalue weighted by Gasteiger charge is 2.03. The van der Waals surface area contributed by atoms with Crippen molar-refractivity contribution in [1.82, 2.24) is 5.16 Å². The summed E-state index contributed by atoms with van der Waals surface area (Å²) in [5.74, 6) is 0. The first-order chi connectivity index (χ1) is 5.42. The molecule has 0 bridgehead atoms. The molecule has 0 unspecified atom stereocenters. The summed E-state index contributed by atoms with van der Waals surface area (Å²) in [5.41, 5.74) is 1.32. The molecule has 0 saturated heterocycles. The van der Waals surface area contributed by atoms with Crippen LogP contribution in [0.15, 0.2) is 28.8 Å². The molecule has 0 radical (unpaired) electrons. The summed E-state index contributed by atoms with van der Waals surface area (Å²) in [6, 6.07) is 7.45. The van der Waals surface area contributed by atoms with E-state index >= 15 is 0 Å². The van der Waals surface area contributed by atoms with Crippen molar-refractivity contribution in [3.05, 3.63) is 30.0 Å². The van der Waals surface area contributed by atoms with Gasteiger partial charge in [0, 0.05) is 5.39 Å². The number of aliphatic hydroxyl groups excluding tert-OH is 1. The van der Waals surface area contributed by atoms with E-state index in [0.29, 0.717) is 5.69 Å². The topological polar surface area (TPSA) is 46.3 Å². The summed E-state index contributed by atoms with van der Waals surface area (Å²) < 4.78 is 4.93. The Kier molecular flexibility index (Phi) is 1.36. The molecular formula is C8H7NO2. The number of fused-ring (bicyclic) bond motifs is 1. The maximum atomic E-state index is 8.80. The number of aromatic nitrogens is 1. The first-order valence-corrected chi connectivity index (χ1v) is 3.36. The van der Waals surface area contributed by atoms with Crippen LogP contribution in [0, 0.1) is 0 Å². The fourth-order valence-corrected chi connectivity index (χ4v) is 1.05. The van der Waals surface area contributed by atoms with Crippen LogP contribution in [-0.4, -0.2) is 10.3 Å². The third-order valence-corrected chi connectivity index (χ3v) is 1.60. The van der Waals surface area contributed by atoms with Crippen molar-refractivity contribution in [2.24, 2.45) is 0 Å². The van der Waals surface area contributed by atoms with Crippen molar-refractivity contribution in [3.8, 4) is 0 Å². The van der Waals surface area contributed by atoms with Gasteiger partial charge >= 0.3 is 0 Å². The van der Waals surface area contributed by atoms with E-state index in [2.05, 4.69) is 5.16 Å². The maximum Gasteiger partial charge on any atom is 0.167 e. The summed E-state index contributed by atoms with van der Waals surface area (Å²) in [4.78, 5) is 0. The highest BCUT2D eigenvalue weighted by Crippen LogP contribution is 2.16. The Labute approximate surface area is 63.2 Å². The number of hydrogen-bond donors (Lipinski definition) is 1. The molecule has 2 aromatic rings. The van der Waals surface area contributed by atoms with Crippen molar-refractivity contribution in [2.45, 2.75) is 6.61 Å². The van der Waals surface area contributed by atoms with Gasteiger partial charge in [-0.2, -0.15) is 0 Å². The van der Waals surface area contributed by atoms with E-state index in [9.17, 15) is 0 Å². The summed E-state index contributed by atoms with van der Waals surface area (Å²) in [7, 11) is 0. The van der Waals surface area contributed by atoms with Crippen LogP contribution in [-0.2, 0) is 6.61 Å². The highest BCUT2D eigenvalue weighted by molar-refractivity contribution is 5.78. The van der Waals surface area contributed by atoms with E-state index in [1.165, 1.54) is 0 Å². The molecular weight excluding hydrogens is 142 g/mol. The Bertz CT molecular complexity index is 367. The number of hydrogen-bond acceptors (Lipinski definition) is 3. The van der Waals surface area contributed by atoms with E-state index in [1.54, 1.807) is 0 Å². The van der Waals surface area contributed by atoms with Crippen LogP contribution in [0.1, 0.15) is 5.69 Å². The lowest BCUT2D eigenvalue weighted by atomic mass is 10.2. The van der Waals surface area contributed by atoms with Gasteiger partial charge in [0.15, 0.2) is 5.58 Å². The third kappa shape index (κ3) is 0.897. The molecule has 3 heteroatoms.